The summed E-state index contributed by atoms with van der Waals surface area (Å²) in [6, 6.07) is 0. The van der Waals surface area contributed by atoms with Gasteiger partial charge >= 0.3 is 0 Å². The van der Waals surface area contributed by atoms with Crippen molar-refractivity contribution in [3.8, 4) is 0 Å². The minimum atomic E-state index is 0.772. The van der Waals surface area contributed by atoms with Gasteiger partial charge in [-0.3, -0.25) is 0 Å². The quantitative estimate of drug-likeness (QED) is 0.581. The van der Waals surface area contributed by atoms with Crippen molar-refractivity contribution in [3.05, 3.63) is 12.2 Å². The van der Waals surface area contributed by atoms with E-state index in [0.717, 1.165) is 18.4 Å². The van der Waals surface area contributed by atoms with E-state index < -0.39 is 0 Å². The van der Waals surface area contributed by atoms with E-state index in [1.807, 2.05) is 0 Å². The average molecular weight is 139 g/mol. The topological polar surface area (TPSA) is 26.0 Å². The van der Waals surface area contributed by atoms with Gasteiger partial charge < -0.3 is 5.73 Å². The van der Waals surface area contributed by atoms with Gasteiger partial charge in [-0.1, -0.05) is 12.2 Å². The van der Waals surface area contributed by atoms with Crippen LogP contribution in [-0.2, 0) is 0 Å². The largest absolute Gasteiger partial charge is 0.330 e. The summed E-state index contributed by atoms with van der Waals surface area (Å²) in [5, 5.41) is 0. The van der Waals surface area contributed by atoms with E-state index >= 15 is 0 Å². The third-order valence-corrected chi connectivity index (χ3v) is 2.57. The maximum absolute atomic E-state index is 5.57. The maximum atomic E-state index is 5.57. The molecular formula is C9H17N. The summed E-state index contributed by atoms with van der Waals surface area (Å²) in [6.07, 6.45) is 3.91. The molecule has 1 heteroatoms. The van der Waals surface area contributed by atoms with Gasteiger partial charge in [-0.25, -0.2) is 0 Å². The van der Waals surface area contributed by atoms with Crippen LogP contribution in [-0.4, -0.2) is 6.54 Å². The molecule has 0 aromatic carbocycles. The Hall–Kier alpha value is -0.300. The van der Waals surface area contributed by atoms with E-state index in [9.17, 15) is 0 Å². The standard InChI is InChI=1S/C9H17N/c1-7(2)9-4-3-8(5-9)6-10/h8-9H,1,3-6,10H2,2H3. The zero-order chi connectivity index (χ0) is 7.56. The van der Waals surface area contributed by atoms with Gasteiger partial charge in [0, 0.05) is 0 Å². The Morgan fingerprint density at radius 2 is 2.30 bits per heavy atom. The number of nitrogens with two attached hydrogens (primary N) is 1. The van der Waals surface area contributed by atoms with E-state index in [1.54, 1.807) is 0 Å². The lowest BCUT2D eigenvalue weighted by atomic mass is 9.99. The predicted molar refractivity (Wildman–Crippen MR) is 44.7 cm³/mol. The first kappa shape index (κ1) is 7.80. The molecule has 0 heterocycles. The molecule has 0 bridgehead atoms. The van der Waals surface area contributed by atoms with Gasteiger partial charge in [0.25, 0.3) is 0 Å². The highest BCUT2D eigenvalue weighted by molar-refractivity contribution is 4.99. The number of rotatable bonds is 2. The molecule has 2 unspecified atom stereocenters. The van der Waals surface area contributed by atoms with Crippen LogP contribution in [0.2, 0.25) is 0 Å². The highest BCUT2D eigenvalue weighted by Crippen LogP contribution is 2.33. The lowest BCUT2D eigenvalue weighted by Gasteiger charge is -2.08. The molecule has 1 nitrogen and oxygen atoms in total. The van der Waals surface area contributed by atoms with Crippen molar-refractivity contribution in [2.75, 3.05) is 6.54 Å². The maximum Gasteiger partial charge on any atom is -0.00486 e. The Kier molecular flexibility index (Phi) is 2.50. The fourth-order valence-corrected chi connectivity index (χ4v) is 1.74. The molecule has 1 aliphatic rings. The average Bonchev–Trinajstić information content (AvgIpc) is 2.34. The minimum Gasteiger partial charge on any atom is -0.330 e. The molecule has 0 spiro atoms. The lowest BCUT2D eigenvalue weighted by molar-refractivity contribution is 0.536. The van der Waals surface area contributed by atoms with E-state index in [-0.39, 0.29) is 0 Å². The Labute approximate surface area is 63.3 Å². The van der Waals surface area contributed by atoms with Crippen molar-refractivity contribution >= 4 is 0 Å². The Bertz CT molecular complexity index is 129. The SMILES string of the molecule is C=C(C)C1CCC(CN)C1. The second-order valence-electron chi connectivity index (χ2n) is 3.46. The Balaban J connectivity index is 2.35. The van der Waals surface area contributed by atoms with Gasteiger partial charge in [0.05, 0.1) is 0 Å². The first-order chi connectivity index (χ1) is 4.74. The second-order valence-corrected chi connectivity index (χ2v) is 3.46. The van der Waals surface area contributed by atoms with Crippen molar-refractivity contribution in [2.24, 2.45) is 17.6 Å². The summed E-state index contributed by atoms with van der Waals surface area (Å²) in [4.78, 5) is 0. The van der Waals surface area contributed by atoms with E-state index in [2.05, 4.69) is 13.5 Å². The first-order valence-electron chi connectivity index (χ1n) is 4.09. The summed E-state index contributed by atoms with van der Waals surface area (Å²) in [6.45, 7) is 6.96. The highest BCUT2D eigenvalue weighted by Gasteiger charge is 2.23. The second kappa shape index (κ2) is 3.20. The fourth-order valence-electron chi connectivity index (χ4n) is 1.74. The van der Waals surface area contributed by atoms with Gasteiger partial charge in [-0.15, -0.1) is 0 Å². The van der Waals surface area contributed by atoms with Crippen LogP contribution in [0.1, 0.15) is 26.2 Å². The van der Waals surface area contributed by atoms with Gasteiger partial charge in [-0.05, 0) is 44.6 Å². The summed E-state index contributed by atoms with van der Waals surface area (Å²) in [5.74, 6) is 1.55. The number of hydrogen-bond acceptors (Lipinski definition) is 1. The number of hydrogen-bond donors (Lipinski definition) is 1. The van der Waals surface area contributed by atoms with Crippen LogP contribution in [0.15, 0.2) is 12.2 Å². The van der Waals surface area contributed by atoms with Crippen molar-refractivity contribution in [1.29, 1.82) is 0 Å². The molecule has 2 N–H and O–H groups in total. The van der Waals surface area contributed by atoms with Crippen LogP contribution in [0.3, 0.4) is 0 Å². The van der Waals surface area contributed by atoms with Crippen LogP contribution in [0.4, 0.5) is 0 Å². The molecule has 0 aromatic rings. The smallest absolute Gasteiger partial charge is 0.00486 e. The predicted octanol–water partition coefficient (Wildman–Crippen LogP) is 1.94. The van der Waals surface area contributed by atoms with E-state index in [4.69, 9.17) is 5.73 Å². The third kappa shape index (κ3) is 1.60. The molecule has 0 radical (unpaired) electrons. The monoisotopic (exact) mass is 139 g/mol. The Morgan fingerprint density at radius 3 is 2.60 bits per heavy atom. The molecule has 0 aliphatic heterocycles. The Morgan fingerprint density at radius 1 is 1.60 bits per heavy atom. The molecule has 10 heavy (non-hydrogen) atoms. The van der Waals surface area contributed by atoms with Crippen LogP contribution in [0, 0.1) is 11.8 Å². The lowest BCUT2D eigenvalue weighted by Crippen LogP contribution is -2.10. The van der Waals surface area contributed by atoms with Crippen LogP contribution in [0.5, 0.6) is 0 Å². The third-order valence-electron chi connectivity index (χ3n) is 2.57. The molecule has 2 atom stereocenters. The molecule has 1 rings (SSSR count). The summed E-state index contributed by atoms with van der Waals surface area (Å²) < 4.78 is 0. The number of allylic oxidation sites excluding steroid dienone is 1. The van der Waals surface area contributed by atoms with Crippen molar-refractivity contribution in [2.45, 2.75) is 26.2 Å². The molecular weight excluding hydrogens is 122 g/mol. The van der Waals surface area contributed by atoms with Gasteiger partial charge in [0.2, 0.25) is 0 Å². The molecule has 1 aliphatic carbocycles. The first-order valence-corrected chi connectivity index (χ1v) is 4.09. The molecule has 1 saturated carbocycles. The summed E-state index contributed by atoms with van der Waals surface area (Å²) >= 11 is 0. The van der Waals surface area contributed by atoms with Crippen LogP contribution < -0.4 is 5.73 Å². The van der Waals surface area contributed by atoms with Crippen LogP contribution >= 0.6 is 0 Å². The van der Waals surface area contributed by atoms with Gasteiger partial charge in [0.1, 0.15) is 0 Å². The van der Waals surface area contributed by atoms with E-state index in [1.165, 1.54) is 24.8 Å². The molecule has 0 aromatic heterocycles. The van der Waals surface area contributed by atoms with Gasteiger partial charge in [0.15, 0.2) is 0 Å². The highest BCUT2D eigenvalue weighted by atomic mass is 14.6. The normalized spacial score (nSPS) is 32.6. The molecule has 58 valence electrons. The van der Waals surface area contributed by atoms with Gasteiger partial charge in [-0.2, -0.15) is 0 Å². The fraction of sp³-hybridized carbons (Fsp3) is 0.778. The van der Waals surface area contributed by atoms with E-state index in [0.29, 0.717) is 0 Å². The van der Waals surface area contributed by atoms with Crippen molar-refractivity contribution in [3.63, 3.8) is 0 Å². The zero-order valence-electron chi connectivity index (χ0n) is 6.77. The zero-order valence-corrected chi connectivity index (χ0v) is 6.77. The molecule has 0 amide bonds. The van der Waals surface area contributed by atoms with Crippen molar-refractivity contribution in [1.82, 2.24) is 0 Å². The summed E-state index contributed by atoms with van der Waals surface area (Å²) in [5.41, 5.74) is 6.91. The molecule has 0 saturated heterocycles. The van der Waals surface area contributed by atoms with Crippen LogP contribution in [0.25, 0.3) is 0 Å². The summed E-state index contributed by atoms with van der Waals surface area (Å²) in [7, 11) is 0. The van der Waals surface area contributed by atoms with Crippen molar-refractivity contribution < 1.29 is 0 Å². The minimum absolute atomic E-state index is 0.772. The molecule has 1 fully saturated rings.